The van der Waals surface area contributed by atoms with Crippen molar-refractivity contribution in [1.29, 1.82) is 0 Å². The molecule has 138 valence electrons. The van der Waals surface area contributed by atoms with E-state index in [-0.39, 0.29) is 0 Å². The van der Waals surface area contributed by atoms with Crippen molar-refractivity contribution in [2.24, 2.45) is 11.8 Å². The predicted octanol–water partition coefficient (Wildman–Crippen LogP) is 4.98. The molecule has 1 saturated carbocycles. The third-order valence-corrected chi connectivity index (χ3v) is 10.9. The zero-order valence-corrected chi connectivity index (χ0v) is 17.3. The van der Waals surface area contributed by atoms with Gasteiger partial charge in [0.1, 0.15) is 5.41 Å². The minimum Gasteiger partial charge on any atom is -0.305 e. The molecule has 2 unspecified atom stereocenters. The molecule has 2 aromatic rings. The smallest absolute Gasteiger partial charge is 0.190 e. The van der Waals surface area contributed by atoms with Gasteiger partial charge in [-0.2, -0.15) is 0 Å². The summed E-state index contributed by atoms with van der Waals surface area (Å²) in [5.41, 5.74) is 0. The van der Waals surface area contributed by atoms with Gasteiger partial charge in [0.25, 0.3) is 0 Å². The first-order chi connectivity index (χ1) is 12.6. The number of benzene rings is 2. The van der Waals surface area contributed by atoms with E-state index in [9.17, 15) is 4.79 Å². The maximum absolute atomic E-state index is 13.4. The fraction of sp³-hybridized carbons (Fsp3) is 0.458. The number of hydrogen-bond acceptors (Lipinski definition) is 1. The van der Waals surface area contributed by atoms with Crippen molar-refractivity contribution in [3.05, 3.63) is 60.7 Å². The van der Waals surface area contributed by atoms with Crippen molar-refractivity contribution >= 4 is 23.9 Å². The van der Waals surface area contributed by atoms with Crippen molar-refractivity contribution in [3.63, 3.8) is 0 Å². The quantitative estimate of drug-likeness (QED) is 0.477. The highest BCUT2D eigenvalue weighted by Gasteiger charge is 2.39. The summed E-state index contributed by atoms with van der Waals surface area (Å²) >= 11 is 0. The first kappa shape index (κ1) is 19.1. The largest absolute Gasteiger partial charge is 0.305 e. The Morgan fingerprint density at radius 1 is 0.923 bits per heavy atom. The second kappa shape index (κ2) is 8.81. The van der Waals surface area contributed by atoms with Gasteiger partial charge < -0.3 is 4.79 Å². The summed E-state index contributed by atoms with van der Waals surface area (Å²) in [6.07, 6.45) is 8.49. The van der Waals surface area contributed by atoms with Crippen LogP contribution in [0.4, 0.5) is 0 Å². The lowest BCUT2D eigenvalue weighted by molar-refractivity contribution is -0.112. The first-order valence-corrected chi connectivity index (χ1v) is 12.8. The van der Waals surface area contributed by atoms with Gasteiger partial charge in [-0.15, -0.1) is 0 Å². The standard InChI is InChI=1S/C24H32OSi/c1-20-12-11-14-21(20)13-9-10-19-24(25)26(2,22-15-5-3-6-16-22)23-17-7-4-8-18-23/h3-8,15-18,20-21H,9-14,19H2,1-2H3. The molecule has 0 aromatic heterocycles. The topological polar surface area (TPSA) is 17.1 Å². The van der Waals surface area contributed by atoms with Gasteiger partial charge >= 0.3 is 0 Å². The summed E-state index contributed by atoms with van der Waals surface area (Å²) in [4.78, 5) is 13.4. The van der Waals surface area contributed by atoms with Crippen molar-refractivity contribution in [1.82, 2.24) is 0 Å². The van der Waals surface area contributed by atoms with Gasteiger partial charge in [-0.25, -0.2) is 0 Å². The first-order valence-electron chi connectivity index (χ1n) is 10.3. The lowest BCUT2D eigenvalue weighted by Crippen LogP contribution is -2.62. The Hall–Kier alpha value is -1.67. The van der Waals surface area contributed by atoms with E-state index in [1.54, 1.807) is 0 Å². The molecule has 1 nitrogen and oxygen atoms in total. The van der Waals surface area contributed by atoms with E-state index in [2.05, 4.69) is 62.0 Å². The Morgan fingerprint density at radius 2 is 1.50 bits per heavy atom. The minimum absolute atomic E-state index is 0.481. The van der Waals surface area contributed by atoms with Crippen LogP contribution in [0.25, 0.3) is 0 Å². The average Bonchev–Trinajstić information content (AvgIpc) is 3.10. The molecule has 0 bridgehead atoms. The number of carbonyl (C=O) groups excluding carboxylic acids is 1. The number of rotatable bonds is 8. The summed E-state index contributed by atoms with van der Waals surface area (Å²) in [6.45, 7) is 4.64. The third kappa shape index (κ3) is 4.17. The third-order valence-electron chi connectivity index (χ3n) is 6.53. The lowest BCUT2D eigenvalue weighted by atomic mass is 9.92. The van der Waals surface area contributed by atoms with Gasteiger partial charge in [0.05, 0.1) is 0 Å². The molecule has 2 atom stereocenters. The molecule has 0 amide bonds. The highest BCUT2D eigenvalue weighted by Crippen LogP contribution is 2.34. The van der Waals surface area contributed by atoms with Crippen LogP contribution in [0.1, 0.15) is 51.9 Å². The molecule has 0 spiro atoms. The second-order valence-corrected chi connectivity index (χ2v) is 12.2. The van der Waals surface area contributed by atoms with Crippen molar-refractivity contribution in [2.45, 2.75) is 58.4 Å². The molecule has 0 N–H and O–H groups in total. The fourth-order valence-electron chi connectivity index (χ4n) is 4.62. The van der Waals surface area contributed by atoms with Gasteiger partial charge in [-0.1, -0.05) is 106 Å². The molecular weight excluding hydrogens is 332 g/mol. The SMILES string of the molecule is CC1CCCC1CCCCC(=O)[Si](C)(c1ccccc1)c1ccccc1. The zero-order chi connectivity index (χ0) is 18.4. The molecule has 1 fully saturated rings. The van der Waals surface area contributed by atoms with Crippen LogP contribution in [-0.2, 0) is 4.79 Å². The average molecular weight is 365 g/mol. The van der Waals surface area contributed by atoms with Gasteiger partial charge in [0.15, 0.2) is 8.07 Å². The number of carbonyl (C=O) groups is 1. The van der Waals surface area contributed by atoms with Crippen molar-refractivity contribution in [3.8, 4) is 0 Å². The van der Waals surface area contributed by atoms with Gasteiger partial charge in [-0.3, -0.25) is 0 Å². The van der Waals surface area contributed by atoms with Crippen LogP contribution in [0.15, 0.2) is 60.7 Å². The van der Waals surface area contributed by atoms with Crippen LogP contribution >= 0.6 is 0 Å². The maximum Gasteiger partial charge on any atom is 0.190 e. The van der Waals surface area contributed by atoms with E-state index in [1.807, 2.05) is 12.1 Å². The Bertz CT molecular complexity index is 655. The molecule has 2 heteroatoms. The van der Waals surface area contributed by atoms with Gasteiger partial charge in [0.2, 0.25) is 0 Å². The van der Waals surface area contributed by atoms with E-state index < -0.39 is 8.07 Å². The summed E-state index contributed by atoms with van der Waals surface area (Å²) in [5.74, 6) is 1.79. The minimum atomic E-state index is -2.34. The molecular formula is C24H32OSi. The summed E-state index contributed by atoms with van der Waals surface area (Å²) in [5, 5.41) is 2.95. The Kier molecular flexibility index (Phi) is 6.47. The van der Waals surface area contributed by atoms with Gasteiger partial charge in [-0.05, 0) is 28.6 Å². The molecule has 1 aliphatic carbocycles. The van der Waals surface area contributed by atoms with Crippen molar-refractivity contribution in [2.75, 3.05) is 0 Å². The fourth-order valence-corrected chi connectivity index (χ4v) is 8.00. The van der Waals surface area contributed by atoms with E-state index in [4.69, 9.17) is 0 Å². The summed E-state index contributed by atoms with van der Waals surface area (Å²) in [7, 11) is -2.34. The van der Waals surface area contributed by atoms with Crippen molar-refractivity contribution < 1.29 is 4.79 Å². The van der Waals surface area contributed by atoms with Gasteiger partial charge in [0, 0.05) is 6.42 Å². The lowest BCUT2D eigenvalue weighted by Gasteiger charge is -2.27. The zero-order valence-electron chi connectivity index (χ0n) is 16.3. The maximum atomic E-state index is 13.4. The summed E-state index contributed by atoms with van der Waals surface area (Å²) < 4.78 is 0. The molecule has 26 heavy (non-hydrogen) atoms. The van der Waals surface area contributed by atoms with Crippen LogP contribution in [0.5, 0.6) is 0 Å². The Balaban J connectivity index is 1.68. The van der Waals surface area contributed by atoms with Crippen LogP contribution in [0.3, 0.4) is 0 Å². The van der Waals surface area contributed by atoms with E-state index in [0.29, 0.717) is 5.41 Å². The second-order valence-electron chi connectivity index (χ2n) is 8.19. The van der Waals surface area contributed by atoms with Crippen LogP contribution < -0.4 is 10.4 Å². The monoisotopic (exact) mass is 364 g/mol. The molecule has 0 radical (unpaired) electrons. The molecule has 0 saturated heterocycles. The van der Waals surface area contributed by atoms with Crippen LogP contribution in [-0.4, -0.2) is 13.5 Å². The van der Waals surface area contributed by atoms with Crippen LogP contribution in [0, 0.1) is 11.8 Å². The predicted molar refractivity (Wildman–Crippen MR) is 114 cm³/mol. The molecule has 1 aliphatic rings. The number of hydrogen-bond donors (Lipinski definition) is 0. The number of unbranched alkanes of at least 4 members (excludes halogenated alkanes) is 1. The summed E-state index contributed by atoms with van der Waals surface area (Å²) in [6, 6.07) is 20.9. The molecule has 0 heterocycles. The Labute approximate surface area is 159 Å². The van der Waals surface area contributed by atoms with E-state index in [0.717, 1.165) is 24.7 Å². The highest BCUT2D eigenvalue weighted by atomic mass is 28.3. The molecule has 3 rings (SSSR count). The van der Waals surface area contributed by atoms with E-state index >= 15 is 0 Å². The van der Waals surface area contributed by atoms with Crippen LogP contribution in [0.2, 0.25) is 6.55 Å². The Morgan fingerprint density at radius 3 is 2.00 bits per heavy atom. The normalized spacial score (nSPS) is 20.2. The highest BCUT2D eigenvalue weighted by molar-refractivity contribution is 7.21. The molecule has 2 aromatic carbocycles. The molecule has 0 aliphatic heterocycles. The van der Waals surface area contributed by atoms with E-state index in [1.165, 1.54) is 42.5 Å².